The predicted octanol–water partition coefficient (Wildman–Crippen LogP) is 3.24. The smallest absolute Gasteiger partial charge is 0.224 e. The molecule has 0 saturated carbocycles. The van der Waals surface area contributed by atoms with Gasteiger partial charge in [0.05, 0.1) is 5.89 Å². The first kappa shape index (κ1) is 7.34. The van der Waals surface area contributed by atoms with E-state index in [2.05, 4.69) is 0 Å². The number of nitrogens with two attached hydrogens (primary N) is 1. The summed E-state index contributed by atoms with van der Waals surface area (Å²) in [7, 11) is 0. The van der Waals surface area contributed by atoms with Crippen molar-refractivity contribution < 1.29 is 11.6 Å². The largest absolute Gasteiger partial charge is 0.369 e. The zero-order valence-electron chi connectivity index (χ0n) is 14.9. The third-order valence-corrected chi connectivity index (χ3v) is 3.88. The van der Waals surface area contributed by atoms with E-state index in [-0.39, 0.29) is 18.4 Å². The topological polar surface area (TPSA) is 43.1 Å². The van der Waals surface area contributed by atoms with Crippen LogP contribution < -0.4 is 5.73 Å². The molecule has 1 aromatic carbocycles. The lowest BCUT2D eigenvalue weighted by Crippen LogP contribution is -2.27. The molecule has 0 fully saturated rings. The number of carbonyl (C=O) groups is 1. The first-order valence-electron chi connectivity index (χ1n) is 8.25. The van der Waals surface area contributed by atoms with Gasteiger partial charge < -0.3 is 5.73 Å². The van der Waals surface area contributed by atoms with Crippen LogP contribution in [0.15, 0.2) is 17.7 Å². The van der Waals surface area contributed by atoms with Crippen molar-refractivity contribution in [2.75, 3.05) is 0 Å². The molecule has 1 atom stereocenters. The predicted molar refractivity (Wildman–Crippen MR) is 73.3 cm³/mol. The fourth-order valence-electron chi connectivity index (χ4n) is 2.58. The molecule has 2 nitrogen and oxygen atoms in total. The zero-order chi connectivity index (χ0) is 17.4. The van der Waals surface area contributed by atoms with Gasteiger partial charge in [-0.1, -0.05) is 17.7 Å². The zero-order valence-corrected chi connectivity index (χ0v) is 10.7. The number of rotatable bonds is 1. The number of benzene rings is 1. The maximum atomic E-state index is 12.0. The van der Waals surface area contributed by atoms with Gasteiger partial charge in [0.15, 0.2) is 0 Å². The second kappa shape index (κ2) is 4.13. The van der Waals surface area contributed by atoms with Gasteiger partial charge in [0.2, 0.25) is 5.91 Å². The summed E-state index contributed by atoms with van der Waals surface area (Å²) in [6, 6.07) is 3.54. The maximum absolute atomic E-state index is 12.0. The number of carbonyl (C=O) groups excluding carboxylic acids is 1. The summed E-state index contributed by atoms with van der Waals surface area (Å²) in [4.78, 5) is 12.0. The minimum Gasteiger partial charge on any atom is -0.369 e. The van der Waals surface area contributed by atoms with Gasteiger partial charge in [-0.2, -0.15) is 0 Å². The van der Waals surface area contributed by atoms with E-state index in [1.54, 1.807) is 6.07 Å². The van der Waals surface area contributed by atoms with Crippen LogP contribution in [-0.2, 0) is 11.2 Å². The highest BCUT2D eigenvalue weighted by Gasteiger charge is 2.33. The Hall–Kier alpha value is -1.28. The van der Waals surface area contributed by atoms with Gasteiger partial charge in [0, 0.05) is 11.9 Å². The Labute approximate surface area is 119 Å². The highest BCUT2D eigenvalue weighted by atomic mass is 35.5. The van der Waals surface area contributed by atoms with E-state index in [4.69, 9.17) is 24.2 Å². The van der Waals surface area contributed by atoms with Crippen molar-refractivity contribution in [2.24, 2.45) is 11.6 Å². The molecule has 0 spiro atoms. The molecular weight excluding hydrogens is 246 g/mol. The molecule has 1 amide bonds. The van der Waals surface area contributed by atoms with Gasteiger partial charge in [-0.25, -0.2) is 0 Å². The van der Waals surface area contributed by atoms with Crippen LogP contribution >= 0.6 is 11.6 Å². The van der Waals surface area contributed by atoms with Crippen LogP contribution in [0.4, 0.5) is 0 Å². The standard InChI is InChI=1S/C15H16ClNO/c1-8-5-9-6-13-10(12(9)7-14(8)16)3-2-4-11(13)15(17)18/h5,7,11H,2-4,6H2,1H3,(H2,17,18)/i2D2,4D2,11D. The second-order valence-corrected chi connectivity index (χ2v) is 5.02. The fraction of sp³-hybridized carbons (Fsp3) is 0.400. The molecule has 3 heteroatoms. The Kier molecular flexibility index (Phi) is 1.68. The Morgan fingerprint density at radius 3 is 3.11 bits per heavy atom. The van der Waals surface area contributed by atoms with Crippen molar-refractivity contribution in [3.63, 3.8) is 0 Å². The van der Waals surface area contributed by atoms with E-state index in [1.165, 1.54) is 0 Å². The lowest BCUT2D eigenvalue weighted by molar-refractivity contribution is -0.121. The van der Waals surface area contributed by atoms with Crippen LogP contribution in [0.1, 0.15) is 42.7 Å². The highest BCUT2D eigenvalue weighted by Crippen LogP contribution is 2.45. The van der Waals surface area contributed by atoms with E-state index in [0.717, 1.165) is 11.1 Å². The molecule has 94 valence electrons. The third kappa shape index (κ3) is 1.67. The molecule has 0 heterocycles. The van der Waals surface area contributed by atoms with Crippen molar-refractivity contribution in [1.29, 1.82) is 0 Å². The minimum atomic E-state index is -2.72. The fourth-order valence-corrected chi connectivity index (χ4v) is 2.74. The molecule has 3 rings (SSSR count). The van der Waals surface area contributed by atoms with Crippen LogP contribution in [0.5, 0.6) is 0 Å². The third-order valence-electron chi connectivity index (χ3n) is 3.47. The molecule has 2 N–H and O–H groups in total. The number of aryl methyl sites for hydroxylation is 1. The Morgan fingerprint density at radius 2 is 2.39 bits per heavy atom. The molecule has 18 heavy (non-hydrogen) atoms. The molecule has 0 aliphatic heterocycles. The maximum Gasteiger partial charge on any atom is 0.224 e. The molecule has 0 aromatic heterocycles. The average molecular weight is 267 g/mol. The van der Waals surface area contributed by atoms with Gasteiger partial charge in [0.25, 0.3) is 0 Å². The summed E-state index contributed by atoms with van der Waals surface area (Å²) in [6.07, 6.45) is -5.10. The number of allylic oxidation sites excluding steroid dienone is 1. The van der Waals surface area contributed by atoms with Gasteiger partial charge in [-0.05, 0) is 66.4 Å². The SMILES string of the molecule is [2H]C1([2H])CC2=C(Cc3cc(C)c(Cl)cc32)C([2H])(C(N)=O)C1([2H])[2H]. The number of hydrogen-bond donors (Lipinski definition) is 1. The van der Waals surface area contributed by atoms with Gasteiger partial charge >= 0.3 is 0 Å². The lowest BCUT2D eigenvalue weighted by Gasteiger charge is -2.22. The van der Waals surface area contributed by atoms with E-state index in [9.17, 15) is 4.79 Å². The first-order chi connectivity index (χ1) is 10.4. The molecule has 0 saturated heterocycles. The summed E-state index contributed by atoms with van der Waals surface area (Å²) >= 11 is 6.16. The number of fused-ring (bicyclic) bond motifs is 2. The highest BCUT2D eigenvalue weighted by molar-refractivity contribution is 6.31. The van der Waals surface area contributed by atoms with Gasteiger partial charge in [-0.3, -0.25) is 4.79 Å². The van der Waals surface area contributed by atoms with Crippen LogP contribution in [-0.4, -0.2) is 5.91 Å². The molecule has 2 aliphatic carbocycles. The summed E-state index contributed by atoms with van der Waals surface area (Å²) in [5, 5.41) is 0.515. The Morgan fingerprint density at radius 1 is 1.61 bits per heavy atom. The summed E-state index contributed by atoms with van der Waals surface area (Å²) in [5.74, 6) is -3.61. The number of hydrogen-bond acceptors (Lipinski definition) is 1. The Balaban J connectivity index is 2.30. The van der Waals surface area contributed by atoms with E-state index >= 15 is 0 Å². The van der Waals surface area contributed by atoms with Crippen molar-refractivity contribution in [3.8, 4) is 0 Å². The number of primary amides is 1. The molecule has 0 bridgehead atoms. The van der Waals surface area contributed by atoms with E-state index in [0.29, 0.717) is 16.2 Å². The van der Waals surface area contributed by atoms with Crippen molar-refractivity contribution >= 4 is 23.1 Å². The minimum absolute atomic E-state index is 0.213. The van der Waals surface area contributed by atoms with Crippen molar-refractivity contribution in [1.82, 2.24) is 0 Å². The van der Waals surface area contributed by atoms with Crippen LogP contribution in [0, 0.1) is 12.8 Å². The quantitative estimate of drug-likeness (QED) is 0.833. The summed E-state index contributed by atoms with van der Waals surface area (Å²) in [6.45, 7) is 1.83. The van der Waals surface area contributed by atoms with Gasteiger partial charge in [-0.15, -0.1) is 0 Å². The lowest BCUT2D eigenvalue weighted by atomic mass is 9.82. The monoisotopic (exact) mass is 266 g/mol. The molecule has 2 aliphatic rings. The van der Waals surface area contributed by atoms with Crippen molar-refractivity contribution in [3.05, 3.63) is 39.4 Å². The number of halogens is 1. The van der Waals surface area contributed by atoms with E-state index in [1.807, 2.05) is 13.0 Å². The first-order valence-corrected chi connectivity index (χ1v) is 6.13. The molecular formula is C15H16ClNO. The molecule has 1 unspecified atom stereocenters. The molecule has 1 aromatic rings. The van der Waals surface area contributed by atoms with Gasteiger partial charge in [0.1, 0.15) is 0 Å². The van der Waals surface area contributed by atoms with Crippen LogP contribution in [0.25, 0.3) is 5.57 Å². The van der Waals surface area contributed by atoms with Crippen LogP contribution in [0.2, 0.25) is 5.02 Å². The second-order valence-electron chi connectivity index (χ2n) is 4.61. The summed E-state index contributed by atoms with van der Waals surface area (Å²) in [5.41, 5.74) is 8.44. The normalized spacial score (nSPS) is 35.6. The molecule has 0 radical (unpaired) electrons. The van der Waals surface area contributed by atoms with E-state index < -0.39 is 24.5 Å². The average Bonchev–Trinajstić information content (AvgIpc) is 2.75. The van der Waals surface area contributed by atoms with Crippen LogP contribution in [0.3, 0.4) is 0 Å². The van der Waals surface area contributed by atoms with Crippen molar-refractivity contribution in [2.45, 2.75) is 32.5 Å². The summed E-state index contributed by atoms with van der Waals surface area (Å²) < 4.78 is 40.8. The Bertz CT molecular complexity index is 773. The number of amides is 1.